The van der Waals surface area contributed by atoms with Crippen LogP contribution in [0.3, 0.4) is 0 Å². The summed E-state index contributed by atoms with van der Waals surface area (Å²) in [4.78, 5) is 16.6. The molecule has 2 rings (SSSR count). The first kappa shape index (κ1) is 10.6. The molecule has 1 aromatic heterocycles. The number of rotatable bonds is 2. The van der Waals surface area contributed by atoms with Crippen LogP contribution in [0.25, 0.3) is 0 Å². The van der Waals surface area contributed by atoms with Crippen LogP contribution in [0.4, 0.5) is 0 Å². The minimum Gasteiger partial charge on any atom is -0.465 e. The average Bonchev–Trinajstić information content (AvgIpc) is 2.84. The lowest BCUT2D eigenvalue weighted by atomic mass is 10.1. The van der Waals surface area contributed by atoms with Crippen LogP contribution < -0.4 is 0 Å². The SMILES string of the molecule is COC(=O)c1sc(C2CCCC2)nc1C. The van der Waals surface area contributed by atoms with Gasteiger partial charge in [-0.2, -0.15) is 0 Å². The molecule has 0 radical (unpaired) electrons. The molecular formula is C11H15NO2S. The van der Waals surface area contributed by atoms with Gasteiger partial charge in [-0.15, -0.1) is 11.3 Å². The number of carbonyl (C=O) groups is 1. The summed E-state index contributed by atoms with van der Waals surface area (Å²) in [5.74, 6) is 0.321. The number of ether oxygens (including phenoxy) is 1. The molecule has 15 heavy (non-hydrogen) atoms. The van der Waals surface area contributed by atoms with Crippen LogP contribution in [0.1, 0.15) is 52.0 Å². The first-order valence-electron chi connectivity index (χ1n) is 5.28. The highest BCUT2D eigenvalue weighted by Crippen LogP contribution is 2.37. The Morgan fingerprint density at radius 1 is 1.47 bits per heavy atom. The molecule has 82 valence electrons. The smallest absolute Gasteiger partial charge is 0.349 e. The van der Waals surface area contributed by atoms with E-state index in [-0.39, 0.29) is 5.97 Å². The van der Waals surface area contributed by atoms with Crippen LogP contribution in [0.2, 0.25) is 0 Å². The number of nitrogens with zero attached hydrogens (tertiary/aromatic N) is 1. The second-order valence-electron chi connectivity index (χ2n) is 3.94. The zero-order valence-electron chi connectivity index (χ0n) is 9.08. The molecule has 3 nitrogen and oxygen atoms in total. The molecular weight excluding hydrogens is 210 g/mol. The van der Waals surface area contributed by atoms with E-state index in [1.54, 1.807) is 0 Å². The van der Waals surface area contributed by atoms with E-state index in [2.05, 4.69) is 4.98 Å². The first-order valence-corrected chi connectivity index (χ1v) is 6.09. The van der Waals surface area contributed by atoms with E-state index >= 15 is 0 Å². The van der Waals surface area contributed by atoms with E-state index < -0.39 is 0 Å². The van der Waals surface area contributed by atoms with Crippen molar-refractivity contribution in [1.29, 1.82) is 0 Å². The van der Waals surface area contributed by atoms with Crippen molar-refractivity contribution in [1.82, 2.24) is 4.98 Å². The largest absolute Gasteiger partial charge is 0.465 e. The Morgan fingerprint density at radius 2 is 2.13 bits per heavy atom. The third kappa shape index (κ3) is 2.04. The van der Waals surface area contributed by atoms with Crippen LogP contribution in [-0.2, 0) is 4.74 Å². The minimum atomic E-state index is -0.255. The van der Waals surface area contributed by atoms with Gasteiger partial charge in [-0.1, -0.05) is 12.8 Å². The summed E-state index contributed by atoms with van der Waals surface area (Å²) in [6.07, 6.45) is 5.01. The van der Waals surface area contributed by atoms with Crippen molar-refractivity contribution in [3.63, 3.8) is 0 Å². The van der Waals surface area contributed by atoms with Gasteiger partial charge in [0.2, 0.25) is 0 Å². The molecule has 0 atom stereocenters. The predicted octanol–water partition coefficient (Wildman–Crippen LogP) is 2.90. The molecule has 1 heterocycles. The van der Waals surface area contributed by atoms with E-state index in [4.69, 9.17) is 4.74 Å². The number of hydrogen-bond donors (Lipinski definition) is 0. The summed E-state index contributed by atoms with van der Waals surface area (Å²) in [6.45, 7) is 1.88. The molecule has 0 N–H and O–H groups in total. The Bertz CT molecular complexity index is 367. The maximum absolute atomic E-state index is 11.4. The van der Waals surface area contributed by atoms with Gasteiger partial charge in [0.25, 0.3) is 0 Å². The van der Waals surface area contributed by atoms with Crippen LogP contribution in [0.5, 0.6) is 0 Å². The molecule has 0 bridgehead atoms. The number of carbonyl (C=O) groups excluding carboxylic acids is 1. The molecule has 0 unspecified atom stereocenters. The molecule has 0 amide bonds. The number of hydrogen-bond acceptors (Lipinski definition) is 4. The molecule has 0 aliphatic heterocycles. The summed E-state index contributed by atoms with van der Waals surface area (Å²) in [7, 11) is 1.41. The molecule has 4 heteroatoms. The van der Waals surface area contributed by atoms with Crippen molar-refractivity contribution in [2.24, 2.45) is 0 Å². The maximum Gasteiger partial charge on any atom is 0.349 e. The Labute approximate surface area is 93.5 Å². The molecule has 1 saturated carbocycles. The van der Waals surface area contributed by atoms with Gasteiger partial charge in [0.1, 0.15) is 4.88 Å². The maximum atomic E-state index is 11.4. The third-order valence-electron chi connectivity index (χ3n) is 2.89. The summed E-state index contributed by atoms with van der Waals surface area (Å²) in [5, 5.41) is 1.12. The zero-order valence-corrected chi connectivity index (χ0v) is 9.89. The van der Waals surface area contributed by atoms with Gasteiger partial charge in [-0.3, -0.25) is 0 Å². The van der Waals surface area contributed by atoms with E-state index in [0.29, 0.717) is 10.8 Å². The monoisotopic (exact) mass is 225 g/mol. The first-order chi connectivity index (χ1) is 7.22. The fourth-order valence-corrected chi connectivity index (χ4v) is 3.20. The van der Waals surface area contributed by atoms with Gasteiger partial charge in [0.05, 0.1) is 17.8 Å². The number of aryl methyl sites for hydroxylation is 1. The van der Waals surface area contributed by atoms with Gasteiger partial charge < -0.3 is 4.74 Å². The standard InChI is InChI=1S/C11H15NO2S/c1-7-9(11(13)14-2)15-10(12-7)8-5-3-4-6-8/h8H,3-6H2,1-2H3. The fourth-order valence-electron chi connectivity index (χ4n) is 2.05. The van der Waals surface area contributed by atoms with Crippen LogP contribution in [0.15, 0.2) is 0 Å². The van der Waals surface area contributed by atoms with Crippen molar-refractivity contribution in [3.8, 4) is 0 Å². The topological polar surface area (TPSA) is 39.2 Å². The highest BCUT2D eigenvalue weighted by molar-refractivity contribution is 7.13. The Hall–Kier alpha value is -0.900. The number of aromatic nitrogens is 1. The Kier molecular flexibility index (Phi) is 3.05. The predicted molar refractivity (Wildman–Crippen MR) is 59.4 cm³/mol. The van der Waals surface area contributed by atoms with Gasteiger partial charge in [0, 0.05) is 5.92 Å². The molecule has 1 aromatic rings. The minimum absolute atomic E-state index is 0.255. The van der Waals surface area contributed by atoms with Gasteiger partial charge in [-0.25, -0.2) is 9.78 Å². The lowest BCUT2D eigenvalue weighted by Crippen LogP contribution is -1.99. The van der Waals surface area contributed by atoms with Crippen LogP contribution >= 0.6 is 11.3 Å². The zero-order chi connectivity index (χ0) is 10.8. The lowest BCUT2D eigenvalue weighted by Gasteiger charge is -2.01. The Balaban J connectivity index is 2.23. The van der Waals surface area contributed by atoms with E-state index in [9.17, 15) is 4.79 Å². The van der Waals surface area contributed by atoms with Crippen molar-refractivity contribution < 1.29 is 9.53 Å². The highest BCUT2D eigenvalue weighted by atomic mass is 32.1. The second kappa shape index (κ2) is 4.31. The second-order valence-corrected chi connectivity index (χ2v) is 4.97. The van der Waals surface area contributed by atoms with Crippen molar-refractivity contribution in [2.75, 3.05) is 7.11 Å². The van der Waals surface area contributed by atoms with Crippen LogP contribution in [-0.4, -0.2) is 18.1 Å². The molecule has 0 spiro atoms. The average molecular weight is 225 g/mol. The number of thiazole rings is 1. The Morgan fingerprint density at radius 3 is 2.73 bits per heavy atom. The molecule has 0 aromatic carbocycles. The molecule has 1 aliphatic carbocycles. The lowest BCUT2D eigenvalue weighted by molar-refractivity contribution is 0.0605. The molecule has 0 saturated heterocycles. The highest BCUT2D eigenvalue weighted by Gasteiger charge is 2.23. The fraction of sp³-hybridized carbons (Fsp3) is 0.636. The van der Waals surface area contributed by atoms with Gasteiger partial charge in [0.15, 0.2) is 0 Å². The molecule has 1 fully saturated rings. The van der Waals surface area contributed by atoms with E-state index in [1.165, 1.54) is 44.1 Å². The summed E-state index contributed by atoms with van der Waals surface area (Å²) in [5.41, 5.74) is 0.814. The van der Waals surface area contributed by atoms with Crippen molar-refractivity contribution >= 4 is 17.3 Å². The van der Waals surface area contributed by atoms with Gasteiger partial charge in [-0.05, 0) is 19.8 Å². The summed E-state index contributed by atoms with van der Waals surface area (Å²) >= 11 is 1.50. The quantitative estimate of drug-likeness (QED) is 0.726. The third-order valence-corrected chi connectivity index (χ3v) is 4.19. The number of methoxy groups -OCH3 is 1. The van der Waals surface area contributed by atoms with Gasteiger partial charge >= 0.3 is 5.97 Å². The van der Waals surface area contributed by atoms with Crippen molar-refractivity contribution in [3.05, 3.63) is 15.6 Å². The molecule has 1 aliphatic rings. The van der Waals surface area contributed by atoms with Crippen molar-refractivity contribution in [2.45, 2.75) is 38.5 Å². The number of esters is 1. The van der Waals surface area contributed by atoms with Crippen LogP contribution in [0, 0.1) is 6.92 Å². The van der Waals surface area contributed by atoms with E-state index in [0.717, 1.165) is 10.7 Å². The summed E-state index contributed by atoms with van der Waals surface area (Å²) in [6, 6.07) is 0. The normalized spacial score (nSPS) is 16.9. The van der Waals surface area contributed by atoms with E-state index in [1.807, 2.05) is 6.92 Å². The summed E-state index contributed by atoms with van der Waals surface area (Å²) < 4.78 is 4.72.